The number of benzene rings is 2. The molecule has 2 aromatic carbocycles. The van der Waals surface area contributed by atoms with E-state index in [9.17, 15) is 9.59 Å². The Kier molecular flexibility index (Phi) is 10.5. The van der Waals surface area contributed by atoms with Crippen LogP contribution in [0.3, 0.4) is 0 Å². The number of pyridine rings is 1. The van der Waals surface area contributed by atoms with E-state index in [1.807, 2.05) is 32.0 Å². The maximum absolute atomic E-state index is 13.5. The van der Waals surface area contributed by atoms with Crippen LogP contribution in [0.4, 0.5) is 10.5 Å². The Morgan fingerprint density at radius 1 is 1.10 bits per heavy atom. The number of methoxy groups -OCH3 is 1. The van der Waals surface area contributed by atoms with Crippen LogP contribution in [0.5, 0.6) is 5.75 Å². The van der Waals surface area contributed by atoms with E-state index in [0.717, 1.165) is 24.3 Å². The van der Waals surface area contributed by atoms with Crippen LogP contribution in [-0.2, 0) is 11.3 Å². The fourth-order valence-electron chi connectivity index (χ4n) is 5.12. The van der Waals surface area contributed by atoms with Crippen molar-refractivity contribution in [3.63, 3.8) is 0 Å². The molecule has 1 aliphatic heterocycles. The highest BCUT2D eigenvalue weighted by Crippen LogP contribution is 2.27. The van der Waals surface area contributed by atoms with Crippen molar-refractivity contribution >= 4 is 17.6 Å². The maximum Gasteiger partial charge on any atom is 0.319 e. The van der Waals surface area contributed by atoms with Gasteiger partial charge in [0.2, 0.25) is 0 Å². The number of hydrogen-bond acceptors (Lipinski definition) is 6. The van der Waals surface area contributed by atoms with E-state index < -0.39 is 0 Å². The molecule has 0 radical (unpaired) electrons. The average Bonchev–Trinajstić information content (AvgIpc) is 2.97. The summed E-state index contributed by atoms with van der Waals surface area (Å²) in [4.78, 5) is 34.4. The number of amides is 3. The Labute approximate surface area is 249 Å². The zero-order valence-electron chi connectivity index (χ0n) is 25.5. The SMILES string of the molecule is CO[C@@H]1CN(C)C(=O)c2ccc(NC(=O)NC(C)C)cc2OC[C@@H](C)N(Cc2ccc(-c3ccccn3)cc2)C[C@H]1C. The molecule has 2 N–H and O–H groups in total. The van der Waals surface area contributed by atoms with Gasteiger partial charge in [0.15, 0.2) is 0 Å². The lowest BCUT2D eigenvalue weighted by Gasteiger charge is -2.36. The number of nitrogens with zero attached hydrogens (tertiary/aromatic N) is 3. The third-order valence-electron chi connectivity index (χ3n) is 7.55. The number of hydrogen-bond donors (Lipinski definition) is 2. The van der Waals surface area contributed by atoms with Gasteiger partial charge in [-0.05, 0) is 56.5 Å². The first-order valence-electron chi connectivity index (χ1n) is 14.5. The molecule has 3 atom stereocenters. The minimum Gasteiger partial charge on any atom is -0.491 e. The quantitative estimate of drug-likeness (QED) is 0.416. The van der Waals surface area contributed by atoms with Crippen molar-refractivity contribution < 1.29 is 19.1 Å². The third-order valence-corrected chi connectivity index (χ3v) is 7.55. The van der Waals surface area contributed by atoms with Crippen LogP contribution >= 0.6 is 0 Å². The molecule has 0 unspecified atom stereocenters. The molecule has 0 saturated heterocycles. The number of nitrogens with one attached hydrogen (secondary N) is 2. The zero-order chi connectivity index (χ0) is 30.2. The molecule has 1 aliphatic rings. The van der Waals surface area contributed by atoms with Crippen molar-refractivity contribution in [1.29, 1.82) is 0 Å². The first kappa shape index (κ1) is 31.0. The highest BCUT2D eigenvalue weighted by Gasteiger charge is 2.28. The van der Waals surface area contributed by atoms with Gasteiger partial charge in [0.25, 0.3) is 5.91 Å². The molecule has 4 rings (SSSR count). The van der Waals surface area contributed by atoms with Crippen LogP contribution in [-0.4, -0.2) is 78.8 Å². The Hall–Kier alpha value is -3.95. The van der Waals surface area contributed by atoms with E-state index in [-0.39, 0.29) is 36.0 Å². The monoisotopic (exact) mass is 573 g/mol. The second kappa shape index (κ2) is 14.3. The fraction of sp³-hybridized carbons (Fsp3) is 0.424. The molecular weight excluding hydrogens is 530 g/mol. The molecule has 2 heterocycles. The molecule has 42 heavy (non-hydrogen) atoms. The van der Waals surface area contributed by atoms with Crippen molar-refractivity contribution in [2.75, 3.05) is 39.2 Å². The van der Waals surface area contributed by atoms with Gasteiger partial charge < -0.3 is 25.0 Å². The van der Waals surface area contributed by atoms with Gasteiger partial charge >= 0.3 is 6.03 Å². The summed E-state index contributed by atoms with van der Waals surface area (Å²) in [6, 6.07) is 19.3. The number of aromatic nitrogens is 1. The van der Waals surface area contributed by atoms with E-state index in [2.05, 4.69) is 58.6 Å². The second-order valence-electron chi connectivity index (χ2n) is 11.4. The lowest BCUT2D eigenvalue weighted by molar-refractivity contribution is 0.00922. The zero-order valence-corrected chi connectivity index (χ0v) is 25.5. The summed E-state index contributed by atoms with van der Waals surface area (Å²) in [6.45, 7) is 10.4. The number of rotatable bonds is 6. The van der Waals surface area contributed by atoms with Crippen molar-refractivity contribution in [2.45, 2.75) is 52.4 Å². The summed E-state index contributed by atoms with van der Waals surface area (Å²) in [5, 5.41) is 5.65. The Morgan fingerprint density at radius 2 is 1.86 bits per heavy atom. The Balaban J connectivity index is 1.59. The van der Waals surface area contributed by atoms with Crippen LogP contribution in [0, 0.1) is 5.92 Å². The highest BCUT2D eigenvalue weighted by molar-refractivity contribution is 5.98. The number of urea groups is 1. The van der Waals surface area contributed by atoms with Gasteiger partial charge in [0, 0.05) is 69.4 Å². The molecule has 0 saturated carbocycles. The van der Waals surface area contributed by atoms with Crippen LogP contribution < -0.4 is 15.4 Å². The van der Waals surface area contributed by atoms with E-state index in [0.29, 0.717) is 30.2 Å². The van der Waals surface area contributed by atoms with E-state index >= 15 is 0 Å². The predicted molar refractivity (Wildman–Crippen MR) is 166 cm³/mol. The van der Waals surface area contributed by atoms with Gasteiger partial charge in [0.05, 0.1) is 17.4 Å². The van der Waals surface area contributed by atoms with Gasteiger partial charge in [0.1, 0.15) is 12.4 Å². The molecule has 0 aliphatic carbocycles. The normalized spacial score (nSPS) is 20.2. The van der Waals surface area contributed by atoms with Gasteiger partial charge in [-0.3, -0.25) is 14.7 Å². The van der Waals surface area contributed by atoms with Crippen LogP contribution in [0.25, 0.3) is 11.3 Å². The average molecular weight is 574 g/mol. The summed E-state index contributed by atoms with van der Waals surface area (Å²) in [5.74, 6) is 0.434. The van der Waals surface area contributed by atoms with E-state index in [1.54, 1.807) is 43.5 Å². The van der Waals surface area contributed by atoms with Gasteiger partial charge in [-0.15, -0.1) is 0 Å². The molecular formula is C33H43N5O4. The summed E-state index contributed by atoms with van der Waals surface area (Å²) >= 11 is 0. The number of carbonyl (C=O) groups excluding carboxylic acids is 2. The van der Waals surface area contributed by atoms with Crippen molar-refractivity contribution in [3.05, 3.63) is 78.0 Å². The number of carbonyl (C=O) groups is 2. The van der Waals surface area contributed by atoms with Gasteiger partial charge in [-0.1, -0.05) is 37.3 Å². The highest BCUT2D eigenvalue weighted by atomic mass is 16.5. The molecule has 0 bridgehead atoms. The molecule has 0 spiro atoms. The van der Waals surface area contributed by atoms with Crippen LogP contribution in [0.1, 0.15) is 43.6 Å². The molecule has 9 heteroatoms. The first-order valence-corrected chi connectivity index (χ1v) is 14.5. The summed E-state index contributed by atoms with van der Waals surface area (Å²) < 4.78 is 12.2. The number of fused-ring (bicyclic) bond motifs is 1. The minimum absolute atomic E-state index is 0.00470. The van der Waals surface area contributed by atoms with Crippen molar-refractivity contribution in [3.8, 4) is 17.0 Å². The Morgan fingerprint density at radius 3 is 2.52 bits per heavy atom. The smallest absolute Gasteiger partial charge is 0.319 e. The maximum atomic E-state index is 13.5. The van der Waals surface area contributed by atoms with E-state index in [4.69, 9.17) is 9.47 Å². The molecule has 9 nitrogen and oxygen atoms in total. The number of likely N-dealkylation sites (N-methyl/N-ethyl adjacent to an activating group) is 1. The van der Waals surface area contributed by atoms with Crippen molar-refractivity contribution in [2.24, 2.45) is 5.92 Å². The van der Waals surface area contributed by atoms with Gasteiger partial charge in [-0.25, -0.2) is 4.79 Å². The number of anilines is 1. The number of ether oxygens (including phenoxy) is 2. The predicted octanol–water partition coefficient (Wildman–Crippen LogP) is 5.28. The third kappa shape index (κ3) is 8.08. The molecule has 3 aromatic rings. The van der Waals surface area contributed by atoms with Crippen LogP contribution in [0.2, 0.25) is 0 Å². The largest absolute Gasteiger partial charge is 0.491 e. The standard InChI is InChI=1S/C33H43N5O4/c1-22(2)35-33(40)36-27-14-15-28-30(17-27)42-21-24(4)38(18-23(3)31(41-6)20-37(5)32(28)39)19-25-10-12-26(13-11-25)29-9-7-8-16-34-29/h7-17,22-24,31H,18-21H2,1-6H3,(H2,35,36,40)/t23-,24-,31-/m1/s1. The lowest BCUT2D eigenvalue weighted by Crippen LogP contribution is -2.46. The second-order valence-corrected chi connectivity index (χ2v) is 11.4. The van der Waals surface area contributed by atoms with E-state index in [1.165, 1.54) is 5.56 Å². The topological polar surface area (TPSA) is 96.0 Å². The molecule has 224 valence electrons. The summed E-state index contributed by atoms with van der Waals surface area (Å²) in [6.07, 6.45) is 1.65. The van der Waals surface area contributed by atoms with Crippen molar-refractivity contribution in [1.82, 2.24) is 20.1 Å². The molecule has 0 fully saturated rings. The minimum atomic E-state index is -0.313. The summed E-state index contributed by atoms with van der Waals surface area (Å²) in [7, 11) is 3.48. The lowest BCUT2D eigenvalue weighted by atomic mass is 10.0. The Bertz CT molecular complexity index is 1330. The fourth-order valence-corrected chi connectivity index (χ4v) is 5.12. The van der Waals surface area contributed by atoms with Gasteiger partial charge in [-0.2, -0.15) is 0 Å². The molecule has 1 aromatic heterocycles. The first-order chi connectivity index (χ1) is 20.1. The summed E-state index contributed by atoms with van der Waals surface area (Å²) in [5.41, 5.74) is 4.20. The van der Waals surface area contributed by atoms with Crippen LogP contribution in [0.15, 0.2) is 66.9 Å². The molecule has 3 amide bonds.